The number of pyridine rings is 2. The largest absolute Gasteiger partial charge is 0.491 e. The summed E-state index contributed by atoms with van der Waals surface area (Å²) >= 11 is 1.49. The number of anilines is 1. The Morgan fingerprint density at radius 2 is 1.62 bits per heavy atom. The lowest BCUT2D eigenvalue weighted by atomic mass is 10.0. The Bertz CT molecular complexity index is 1880. The molecule has 1 fully saturated rings. The molecule has 1 N–H and O–H groups in total. The molecular formula is C40H44FN3O7S. The third-order valence-corrected chi connectivity index (χ3v) is 9.45. The number of nitrogens with one attached hydrogen (secondary N) is 1. The van der Waals surface area contributed by atoms with E-state index in [0.717, 1.165) is 50.6 Å². The number of benzene rings is 2. The lowest BCUT2D eigenvalue weighted by molar-refractivity contribution is -0.118. The first-order chi connectivity index (χ1) is 25.5. The van der Waals surface area contributed by atoms with E-state index >= 15 is 4.39 Å². The minimum Gasteiger partial charge on any atom is -0.491 e. The number of aromatic nitrogens is 2. The summed E-state index contributed by atoms with van der Waals surface area (Å²) in [5, 5.41) is 3.43. The van der Waals surface area contributed by atoms with Crippen molar-refractivity contribution in [3.63, 3.8) is 0 Å². The van der Waals surface area contributed by atoms with Gasteiger partial charge in [-0.2, -0.15) is 0 Å². The average molecular weight is 730 g/mol. The quantitative estimate of drug-likeness (QED) is 0.0667. The van der Waals surface area contributed by atoms with Crippen LogP contribution in [0.2, 0.25) is 0 Å². The molecule has 6 rings (SSSR count). The summed E-state index contributed by atoms with van der Waals surface area (Å²) in [5.74, 6) is 1.54. The number of methoxy groups -OCH3 is 1. The second-order valence-electron chi connectivity index (χ2n) is 12.5. The summed E-state index contributed by atoms with van der Waals surface area (Å²) in [6, 6.07) is 20.2. The second-order valence-corrected chi connectivity index (χ2v) is 13.5. The van der Waals surface area contributed by atoms with Crippen LogP contribution in [0.3, 0.4) is 0 Å². The molecule has 10 nitrogen and oxygen atoms in total. The van der Waals surface area contributed by atoms with Gasteiger partial charge in [0.1, 0.15) is 23.9 Å². The maximum absolute atomic E-state index is 15.0. The maximum Gasteiger partial charge on any atom is 0.166 e. The van der Waals surface area contributed by atoms with Crippen molar-refractivity contribution in [1.82, 2.24) is 9.97 Å². The molecule has 0 saturated heterocycles. The number of Topliss-reactive ketones (excluding diaryl/α,β-unsaturated/α-hetero) is 1. The van der Waals surface area contributed by atoms with Crippen LogP contribution in [0.5, 0.6) is 17.2 Å². The molecule has 1 saturated carbocycles. The topological polar surface area (TPSA) is 110 Å². The van der Waals surface area contributed by atoms with Gasteiger partial charge in [-0.3, -0.25) is 14.8 Å². The standard InChI is InChI=1S/C40H44FN3O7S/c1-46-13-14-47-15-16-48-17-18-49-19-20-50-33-4-2-3-31(24-33)43-26-30-7-9-35(44-27-30)39-25-36-40(52-39)38(11-12-42-36)51-37-10-8-29(23-34(37)41)22-32(45)21-28-5-6-28/h2-4,7-12,23-25,27-28,43H,5-6,13-22,26H2,1H3. The molecule has 3 heterocycles. The zero-order chi connectivity index (χ0) is 36.0. The van der Waals surface area contributed by atoms with Crippen molar-refractivity contribution < 1.29 is 37.6 Å². The van der Waals surface area contributed by atoms with E-state index in [1.165, 1.54) is 17.4 Å². The number of ketones is 1. The first-order valence-electron chi connectivity index (χ1n) is 17.5. The van der Waals surface area contributed by atoms with E-state index in [9.17, 15) is 4.79 Å². The Morgan fingerprint density at radius 3 is 2.35 bits per heavy atom. The van der Waals surface area contributed by atoms with Crippen LogP contribution in [0.25, 0.3) is 20.8 Å². The van der Waals surface area contributed by atoms with E-state index in [-0.39, 0.29) is 18.0 Å². The van der Waals surface area contributed by atoms with Crippen molar-refractivity contribution >= 4 is 33.0 Å². The molecule has 0 radical (unpaired) electrons. The highest BCUT2D eigenvalue weighted by atomic mass is 32.1. The third-order valence-electron chi connectivity index (χ3n) is 8.29. The highest BCUT2D eigenvalue weighted by Gasteiger charge is 2.24. The predicted octanol–water partition coefficient (Wildman–Crippen LogP) is 7.89. The first-order valence-corrected chi connectivity index (χ1v) is 18.4. The van der Waals surface area contributed by atoms with E-state index in [2.05, 4.69) is 10.3 Å². The molecule has 274 valence electrons. The minimum atomic E-state index is -0.497. The van der Waals surface area contributed by atoms with Gasteiger partial charge in [0.25, 0.3) is 0 Å². The molecule has 2 aromatic carbocycles. The minimum absolute atomic E-state index is 0.107. The summed E-state index contributed by atoms with van der Waals surface area (Å²) in [6.07, 6.45) is 6.56. The summed E-state index contributed by atoms with van der Waals surface area (Å²) in [7, 11) is 1.64. The van der Waals surface area contributed by atoms with Gasteiger partial charge in [-0.25, -0.2) is 4.39 Å². The predicted molar refractivity (Wildman–Crippen MR) is 199 cm³/mol. The van der Waals surface area contributed by atoms with Crippen LogP contribution in [0.1, 0.15) is 30.4 Å². The van der Waals surface area contributed by atoms with Crippen molar-refractivity contribution in [3.8, 4) is 27.8 Å². The molecule has 1 aliphatic carbocycles. The van der Waals surface area contributed by atoms with Gasteiger partial charge in [-0.15, -0.1) is 11.3 Å². The molecule has 0 aliphatic heterocycles. The van der Waals surface area contributed by atoms with Gasteiger partial charge < -0.3 is 33.7 Å². The molecular weight excluding hydrogens is 686 g/mol. The Labute approximate surface area is 307 Å². The molecule has 0 spiro atoms. The number of nitrogens with zero attached hydrogens (tertiary/aromatic N) is 2. The van der Waals surface area contributed by atoms with Gasteiger partial charge in [-0.05, 0) is 66.3 Å². The van der Waals surface area contributed by atoms with Crippen molar-refractivity contribution in [1.29, 1.82) is 0 Å². The highest BCUT2D eigenvalue weighted by Crippen LogP contribution is 2.39. The van der Waals surface area contributed by atoms with E-state index in [0.29, 0.717) is 83.1 Å². The van der Waals surface area contributed by atoms with Crippen molar-refractivity contribution in [2.75, 3.05) is 65.3 Å². The second kappa shape index (κ2) is 19.4. The molecule has 3 aromatic heterocycles. The Kier molecular flexibility index (Phi) is 13.9. The van der Waals surface area contributed by atoms with Crippen molar-refractivity contribution in [2.45, 2.75) is 32.2 Å². The molecule has 0 atom stereocenters. The number of rotatable bonds is 23. The number of halogens is 1. The van der Waals surface area contributed by atoms with Gasteiger partial charge in [-0.1, -0.05) is 18.2 Å². The summed E-state index contributed by atoms with van der Waals surface area (Å²) in [5.41, 5.74) is 4.16. The number of thiophene rings is 1. The number of carbonyl (C=O) groups excluding carboxylic acids is 1. The zero-order valence-electron chi connectivity index (χ0n) is 29.3. The maximum atomic E-state index is 15.0. The first kappa shape index (κ1) is 37.3. The fourth-order valence-corrected chi connectivity index (χ4v) is 6.44. The monoisotopic (exact) mass is 729 g/mol. The zero-order valence-corrected chi connectivity index (χ0v) is 30.1. The number of ether oxygens (including phenoxy) is 6. The van der Waals surface area contributed by atoms with Gasteiger partial charge >= 0.3 is 0 Å². The van der Waals surface area contributed by atoms with Gasteiger partial charge in [0, 0.05) is 56.7 Å². The van der Waals surface area contributed by atoms with Gasteiger partial charge in [0.05, 0.1) is 67.0 Å². The third kappa shape index (κ3) is 11.5. The Morgan fingerprint density at radius 1 is 0.846 bits per heavy atom. The number of hydrogen-bond donors (Lipinski definition) is 1. The van der Waals surface area contributed by atoms with Crippen LogP contribution >= 0.6 is 11.3 Å². The average Bonchev–Trinajstić information content (AvgIpc) is 3.86. The fraction of sp³-hybridized carbons (Fsp3) is 0.375. The van der Waals surface area contributed by atoms with E-state index in [4.69, 9.17) is 33.4 Å². The molecule has 1 aliphatic rings. The van der Waals surface area contributed by atoms with Gasteiger partial charge in [0.15, 0.2) is 11.6 Å². The number of fused-ring (bicyclic) bond motifs is 1. The fourth-order valence-electron chi connectivity index (χ4n) is 5.40. The van der Waals surface area contributed by atoms with Gasteiger partial charge in [0.2, 0.25) is 0 Å². The van der Waals surface area contributed by atoms with E-state index in [1.54, 1.807) is 31.5 Å². The van der Waals surface area contributed by atoms with E-state index in [1.807, 2.05) is 48.7 Å². The Hall–Kier alpha value is -4.46. The summed E-state index contributed by atoms with van der Waals surface area (Å²) < 4.78 is 49.0. The van der Waals surface area contributed by atoms with Crippen molar-refractivity contribution in [2.24, 2.45) is 5.92 Å². The highest BCUT2D eigenvalue weighted by molar-refractivity contribution is 7.22. The van der Waals surface area contributed by atoms with Crippen LogP contribution in [0, 0.1) is 11.7 Å². The SMILES string of the molecule is COCCOCCOCCOCCOc1cccc(NCc2ccc(-c3cc4nccc(Oc5ccc(CC(=O)CC6CC6)cc5F)c4s3)nc2)c1. The summed E-state index contributed by atoms with van der Waals surface area (Å²) in [4.78, 5) is 22.4. The lowest BCUT2D eigenvalue weighted by Crippen LogP contribution is -2.13. The summed E-state index contributed by atoms with van der Waals surface area (Å²) in [6.45, 7) is 4.69. The molecule has 0 amide bonds. The van der Waals surface area contributed by atoms with Crippen LogP contribution in [-0.4, -0.2) is 75.7 Å². The van der Waals surface area contributed by atoms with Crippen LogP contribution in [-0.2, 0) is 36.7 Å². The molecule has 5 aromatic rings. The van der Waals surface area contributed by atoms with E-state index < -0.39 is 5.82 Å². The van der Waals surface area contributed by atoms with Crippen LogP contribution in [0.15, 0.2) is 79.1 Å². The van der Waals surface area contributed by atoms with Crippen LogP contribution < -0.4 is 14.8 Å². The molecule has 12 heteroatoms. The number of hydrogen-bond acceptors (Lipinski definition) is 11. The number of carbonyl (C=O) groups is 1. The van der Waals surface area contributed by atoms with Crippen molar-refractivity contribution in [3.05, 3.63) is 96.1 Å². The smallest absolute Gasteiger partial charge is 0.166 e. The van der Waals surface area contributed by atoms with Crippen LogP contribution in [0.4, 0.5) is 10.1 Å². The molecule has 52 heavy (non-hydrogen) atoms. The Balaban J connectivity index is 0.951. The lowest BCUT2D eigenvalue weighted by Gasteiger charge is -2.11. The normalized spacial score (nSPS) is 12.7. The molecule has 0 bridgehead atoms. The molecule has 0 unspecified atom stereocenters.